The fraction of sp³-hybridized carbons (Fsp3) is 0.704. The fourth-order valence-electron chi connectivity index (χ4n) is 6.04. The van der Waals surface area contributed by atoms with E-state index in [9.17, 15) is 10.2 Å². The van der Waals surface area contributed by atoms with E-state index in [0.717, 1.165) is 37.7 Å². The van der Waals surface area contributed by atoms with Crippen LogP contribution >= 0.6 is 0 Å². The quantitative estimate of drug-likeness (QED) is 0.491. The Kier molecular flexibility index (Phi) is 6.95. The van der Waals surface area contributed by atoms with E-state index in [1.807, 2.05) is 13.8 Å². The maximum absolute atomic E-state index is 10.1. The number of fused-ring (bicyclic) bond motifs is 1. The van der Waals surface area contributed by atoms with Gasteiger partial charge in [-0.25, -0.2) is 0 Å². The van der Waals surface area contributed by atoms with E-state index in [1.54, 1.807) is 11.1 Å². The summed E-state index contributed by atoms with van der Waals surface area (Å²) in [5, 5.41) is 20.1. The lowest BCUT2D eigenvalue weighted by atomic mass is 9.62. The lowest BCUT2D eigenvalue weighted by Gasteiger charge is -2.42. The SMILES string of the molecule is C=C1/C(=C\C=C2/CCC[C@]3(C)C([C@@H](C)CCCC(C)(C)O)=CCC23)CCC[C@@H]1O. The van der Waals surface area contributed by atoms with Crippen LogP contribution in [-0.4, -0.2) is 21.9 Å². The molecule has 2 nitrogen and oxygen atoms in total. The molecule has 0 saturated heterocycles. The maximum atomic E-state index is 10.1. The first-order chi connectivity index (χ1) is 13.6. The lowest BCUT2D eigenvalue weighted by molar-refractivity contribution is 0.0670. The van der Waals surface area contributed by atoms with Gasteiger partial charge in [-0.15, -0.1) is 0 Å². The summed E-state index contributed by atoms with van der Waals surface area (Å²) in [5.74, 6) is 1.22. The van der Waals surface area contributed by atoms with E-state index >= 15 is 0 Å². The Balaban J connectivity index is 1.70. The monoisotopic (exact) mass is 398 g/mol. The number of hydrogen-bond donors (Lipinski definition) is 2. The Labute approximate surface area is 178 Å². The van der Waals surface area contributed by atoms with Gasteiger partial charge in [0.25, 0.3) is 0 Å². The standard InChI is InChI=1S/C27H42O2/c1-19(9-7-17-26(3,4)29)23-15-16-24-22(11-8-18-27(23,24)5)14-13-21-10-6-12-25(28)20(21)2/h13-15,19,24-25,28-29H,2,6-12,16-18H2,1,3-5H3/b21-13-,22-14+/t19-,24?,25-,27+/m0/s1. The third kappa shape index (κ3) is 5.14. The molecule has 3 aliphatic rings. The molecular formula is C27H42O2. The van der Waals surface area contributed by atoms with Crippen LogP contribution in [0, 0.1) is 17.3 Å². The van der Waals surface area contributed by atoms with Gasteiger partial charge in [0.15, 0.2) is 0 Å². The Morgan fingerprint density at radius 1 is 1.28 bits per heavy atom. The minimum atomic E-state index is -0.554. The predicted octanol–water partition coefficient (Wildman–Crippen LogP) is 6.65. The summed E-state index contributed by atoms with van der Waals surface area (Å²) in [6.07, 6.45) is 17.8. The van der Waals surface area contributed by atoms with Crippen molar-refractivity contribution in [3.05, 3.63) is 47.1 Å². The van der Waals surface area contributed by atoms with Gasteiger partial charge in [-0.05, 0) is 100 Å². The van der Waals surface area contributed by atoms with Crippen molar-refractivity contribution in [3.8, 4) is 0 Å². The van der Waals surface area contributed by atoms with Gasteiger partial charge in [0.2, 0.25) is 0 Å². The van der Waals surface area contributed by atoms with Crippen molar-refractivity contribution < 1.29 is 10.2 Å². The van der Waals surface area contributed by atoms with Gasteiger partial charge in [0.1, 0.15) is 0 Å². The van der Waals surface area contributed by atoms with Crippen molar-refractivity contribution in [1.82, 2.24) is 0 Å². The minimum absolute atomic E-state index is 0.291. The summed E-state index contributed by atoms with van der Waals surface area (Å²) in [5.41, 5.74) is 5.16. The smallest absolute Gasteiger partial charge is 0.0787 e. The molecule has 0 radical (unpaired) electrons. The van der Waals surface area contributed by atoms with Crippen LogP contribution in [0.25, 0.3) is 0 Å². The Hall–Kier alpha value is -1.12. The lowest BCUT2D eigenvalue weighted by Crippen LogP contribution is -2.32. The van der Waals surface area contributed by atoms with Crippen molar-refractivity contribution in [3.63, 3.8) is 0 Å². The molecule has 0 amide bonds. The molecule has 2 fully saturated rings. The van der Waals surface area contributed by atoms with E-state index < -0.39 is 5.60 Å². The van der Waals surface area contributed by atoms with Crippen molar-refractivity contribution in [1.29, 1.82) is 0 Å². The van der Waals surface area contributed by atoms with Gasteiger partial charge < -0.3 is 10.2 Å². The molecule has 162 valence electrons. The van der Waals surface area contributed by atoms with E-state index in [2.05, 4.69) is 38.7 Å². The zero-order chi connectivity index (χ0) is 21.2. The highest BCUT2D eigenvalue weighted by Gasteiger charge is 2.45. The van der Waals surface area contributed by atoms with Gasteiger partial charge in [-0.2, -0.15) is 0 Å². The zero-order valence-corrected chi connectivity index (χ0v) is 19.1. The first-order valence-corrected chi connectivity index (χ1v) is 11.8. The van der Waals surface area contributed by atoms with Gasteiger partial charge in [-0.1, -0.05) is 56.2 Å². The van der Waals surface area contributed by atoms with E-state index in [0.29, 0.717) is 17.3 Å². The average molecular weight is 399 g/mol. The van der Waals surface area contributed by atoms with Crippen LogP contribution in [0.1, 0.15) is 91.9 Å². The molecule has 29 heavy (non-hydrogen) atoms. The minimum Gasteiger partial charge on any atom is -0.390 e. The molecule has 0 aliphatic heterocycles. The largest absolute Gasteiger partial charge is 0.390 e. The number of hydrogen-bond acceptors (Lipinski definition) is 2. The third-order valence-electron chi connectivity index (χ3n) is 7.80. The van der Waals surface area contributed by atoms with Crippen molar-refractivity contribution in [2.75, 3.05) is 0 Å². The highest BCUT2D eigenvalue weighted by atomic mass is 16.3. The zero-order valence-electron chi connectivity index (χ0n) is 19.1. The number of aliphatic hydroxyl groups is 2. The molecule has 0 heterocycles. The molecule has 0 spiro atoms. The average Bonchev–Trinajstić information content (AvgIpc) is 2.99. The summed E-state index contributed by atoms with van der Waals surface area (Å²) in [6, 6.07) is 0. The van der Waals surface area contributed by atoms with Crippen LogP contribution < -0.4 is 0 Å². The first kappa shape index (κ1) is 22.6. The van der Waals surface area contributed by atoms with Crippen LogP contribution in [0.5, 0.6) is 0 Å². The molecule has 3 aliphatic carbocycles. The Morgan fingerprint density at radius 2 is 2.03 bits per heavy atom. The van der Waals surface area contributed by atoms with Crippen molar-refractivity contribution in [2.45, 2.75) is 104 Å². The summed E-state index contributed by atoms with van der Waals surface area (Å²) in [6.45, 7) is 12.8. The molecule has 4 atom stereocenters. The second kappa shape index (κ2) is 8.94. The second-order valence-electron chi connectivity index (χ2n) is 10.7. The number of rotatable bonds is 6. The molecular weight excluding hydrogens is 356 g/mol. The molecule has 0 aromatic rings. The molecule has 0 bridgehead atoms. The Morgan fingerprint density at radius 3 is 2.76 bits per heavy atom. The predicted molar refractivity (Wildman–Crippen MR) is 123 cm³/mol. The molecule has 3 rings (SSSR count). The molecule has 2 saturated carbocycles. The Bertz CT molecular complexity index is 703. The highest BCUT2D eigenvalue weighted by Crippen LogP contribution is 2.57. The normalized spacial score (nSPS) is 34.4. The number of allylic oxidation sites excluding steroid dienone is 5. The molecule has 0 aromatic heterocycles. The summed E-state index contributed by atoms with van der Waals surface area (Å²) in [7, 11) is 0. The summed E-state index contributed by atoms with van der Waals surface area (Å²) < 4.78 is 0. The van der Waals surface area contributed by atoms with Crippen molar-refractivity contribution >= 4 is 0 Å². The second-order valence-corrected chi connectivity index (χ2v) is 10.7. The van der Waals surface area contributed by atoms with Gasteiger partial charge >= 0.3 is 0 Å². The van der Waals surface area contributed by atoms with Gasteiger partial charge in [0.05, 0.1) is 11.7 Å². The van der Waals surface area contributed by atoms with E-state index in [4.69, 9.17) is 0 Å². The summed E-state index contributed by atoms with van der Waals surface area (Å²) in [4.78, 5) is 0. The number of aliphatic hydroxyl groups excluding tert-OH is 1. The first-order valence-electron chi connectivity index (χ1n) is 11.8. The molecule has 1 unspecified atom stereocenters. The van der Waals surface area contributed by atoms with Crippen LogP contribution in [0.3, 0.4) is 0 Å². The van der Waals surface area contributed by atoms with Crippen molar-refractivity contribution in [2.24, 2.45) is 17.3 Å². The van der Waals surface area contributed by atoms with Crippen LogP contribution in [0.2, 0.25) is 0 Å². The van der Waals surface area contributed by atoms with Gasteiger partial charge in [-0.3, -0.25) is 0 Å². The van der Waals surface area contributed by atoms with E-state index in [1.165, 1.54) is 37.7 Å². The molecule has 2 N–H and O–H groups in total. The van der Waals surface area contributed by atoms with Crippen LogP contribution in [0.4, 0.5) is 0 Å². The van der Waals surface area contributed by atoms with Crippen LogP contribution in [0.15, 0.2) is 47.1 Å². The highest BCUT2D eigenvalue weighted by molar-refractivity contribution is 5.39. The topological polar surface area (TPSA) is 40.5 Å². The van der Waals surface area contributed by atoms with E-state index in [-0.39, 0.29) is 6.10 Å². The fourth-order valence-corrected chi connectivity index (χ4v) is 6.04. The molecule has 0 aromatic carbocycles. The summed E-state index contributed by atoms with van der Waals surface area (Å²) >= 11 is 0. The van der Waals surface area contributed by atoms with Gasteiger partial charge in [0, 0.05) is 0 Å². The maximum Gasteiger partial charge on any atom is 0.0787 e. The van der Waals surface area contributed by atoms with Crippen LogP contribution in [-0.2, 0) is 0 Å². The third-order valence-corrected chi connectivity index (χ3v) is 7.80. The molecule has 2 heteroatoms.